The molecule has 0 bridgehead atoms. The smallest absolute Gasteiger partial charge is 0.237 e. The lowest BCUT2D eigenvalue weighted by Crippen LogP contribution is -2.22. The minimum Gasteiger partial charge on any atom is -0.325 e. The first kappa shape index (κ1) is 16.5. The van der Waals surface area contributed by atoms with Crippen LogP contribution in [0.4, 0.5) is 5.69 Å². The number of thioether (sulfide) groups is 1. The van der Waals surface area contributed by atoms with Gasteiger partial charge in [0.25, 0.3) is 0 Å². The second kappa shape index (κ2) is 7.46. The number of amides is 1. The number of tetrazole rings is 1. The van der Waals surface area contributed by atoms with Crippen molar-refractivity contribution >= 4 is 35.0 Å². The van der Waals surface area contributed by atoms with Crippen molar-refractivity contribution in [3.05, 3.63) is 59.6 Å². The number of halogens is 1. The summed E-state index contributed by atoms with van der Waals surface area (Å²) >= 11 is 7.13. The van der Waals surface area contributed by atoms with Crippen molar-refractivity contribution in [2.24, 2.45) is 0 Å². The molecule has 3 aromatic rings. The van der Waals surface area contributed by atoms with Crippen molar-refractivity contribution < 1.29 is 4.79 Å². The summed E-state index contributed by atoms with van der Waals surface area (Å²) in [4.78, 5) is 12.3. The number of benzene rings is 2. The zero-order chi connectivity index (χ0) is 16.9. The maximum Gasteiger partial charge on any atom is 0.237 e. The van der Waals surface area contributed by atoms with Crippen LogP contribution in [-0.2, 0) is 4.79 Å². The van der Waals surface area contributed by atoms with Gasteiger partial charge in [-0.3, -0.25) is 4.79 Å². The summed E-state index contributed by atoms with van der Waals surface area (Å²) < 4.78 is 1.61. The predicted molar refractivity (Wildman–Crippen MR) is 94.6 cm³/mol. The van der Waals surface area contributed by atoms with Crippen LogP contribution < -0.4 is 5.32 Å². The third kappa shape index (κ3) is 3.93. The summed E-state index contributed by atoms with van der Waals surface area (Å²) in [5, 5.41) is 15.3. The Bertz CT molecular complexity index is 822. The Morgan fingerprint density at radius 2 is 1.88 bits per heavy atom. The van der Waals surface area contributed by atoms with Crippen LogP contribution in [0.1, 0.15) is 6.92 Å². The monoisotopic (exact) mass is 359 g/mol. The SMILES string of the molecule is C[C@H](Sc1nnnn1-c1ccccc1)C(=O)Nc1ccc(Cl)cc1. The highest BCUT2D eigenvalue weighted by atomic mass is 35.5. The summed E-state index contributed by atoms with van der Waals surface area (Å²) in [6.07, 6.45) is 0. The van der Waals surface area contributed by atoms with Crippen LogP contribution >= 0.6 is 23.4 Å². The molecular formula is C16H14ClN5OS. The van der Waals surface area contributed by atoms with Crippen molar-refractivity contribution in [1.29, 1.82) is 0 Å². The quantitative estimate of drug-likeness (QED) is 0.706. The van der Waals surface area contributed by atoms with Gasteiger partial charge in [-0.1, -0.05) is 41.6 Å². The van der Waals surface area contributed by atoms with Gasteiger partial charge in [-0.25, -0.2) is 0 Å². The van der Waals surface area contributed by atoms with Crippen molar-refractivity contribution in [1.82, 2.24) is 20.2 Å². The van der Waals surface area contributed by atoms with Gasteiger partial charge in [0.15, 0.2) is 0 Å². The van der Waals surface area contributed by atoms with Gasteiger partial charge in [-0.05, 0) is 53.7 Å². The fourth-order valence-corrected chi connectivity index (χ4v) is 2.91. The second-order valence-corrected chi connectivity index (χ2v) is 6.71. The molecule has 0 saturated heterocycles. The maximum atomic E-state index is 12.3. The molecule has 2 aromatic carbocycles. The third-order valence-electron chi connectivity index (χ3n) is 3.20. The number of nitrogens with zero attached hydrogens (tertiary/aromatic N) is 4. The molecule has 1 N–H and O–H groups in total. The molecule has 0 radical (unpaired) electrons. The number of carbonyl (C=O) groups excluding carboxylic acids is 1. The molecule has 24 heavy (non-hydrogen) atoms. The average Bonchev–Trinajstić information content (AvgIpc) is 3.05. The molecule has 1 heterocycles. The van der Waals surface area contributed by atoms with Crippen LogP contribution in [0, 0.1) is 0 Å². The van der Waals surface area contributed by atoms with Gasteiger partial charge in [0, 0.05) is 10.7 Å². The molecule has 0 unspecified atom stereocenters. The molecule has 0 aliphatic rings. The van der Waals surface area contributed by atoms with E-state index in [1.54, 1.807) is 35.9 Å². The van der Waals surface area contributed by atoms with E-state index >= 15 is 0 Å². The third-order valence-corrected chi connectivity index (χ3v) is 4.49. The Balaban J connectivity index is 1.69. The van der Waals surface area contributed by atoms with E-state index in [-0.39, 0.29) is 11.2 Å². The predicted octanol–water partition coefficient (Wildman–Crippen LogP) is 3.44. The maximum absolute atomic E-state index is 12.3. The number of hydrogen-bond acceptors (Lipinski definition) is 5. The standard InChI is InChI=1S/C16H14ClN5OS/c1-11(15(23)18-13-9-7-12(17)8-10-13)24-16-19-20-21-22(16)14-5-3-2-4-6-14/h2-11H,1H3,(H,18,23)/t11-/m0/s1. The lowest BCUT2D eigenvalue weighted by atomic mass is 10.3. The zero-order valence-electron chi connectivity index (χ0n) is 12.8. The fourth-order valence-electron chi connectivity index (χ4n) is 1.97. The first-order valence-electron chi connectivity index (χ1n) is 7.20. The number of rotatable bonds is 5. The normalized spacial score (nSPS) is 11.9. The molecule has 6 nitrogen and oxygen atoms in total. The number of carbonyl (C=O) groups is 1. The Morgan fingerprint density at radius 1 is 1.17 bits per heavy atom. The van der Waals surface area contributed by atoms with E-state index in [2.05, 4.69) is 20.8 Å². The summed E-state index contributed by atoms with van der Waals surface area (Å²) in [6.45, 7) is 1.81. The molecule has 1 atom stereocenters. The van der Waals surface area contributed by atoms with Gasteiger partial charge in [0.1, 0.15) is 0 Å². The largest absolute Gasteiger partial charge is 0.325 e. The van der Waals surface area contributed by atoms with Crippen LogP contribution in [0.25, 0.3) is 5.69 Å². The van der Waals surface area contributed by atoms with Crippen molar-refractivity contribution in [2.45, 2.75) is 17.3 Å². The van der Waals surface area contributed by atoms with Crippen LogP contribution in [-0.4, -0.2) is 31.4 Å². The molecular weight excluding hydrogens is 346 g/mol. The highest BCUT2D eigenvalue weighted by Gasteiger charge is 2.19. The molecule has 0 aliphatic heterocycles. The van der Waals surface area contributed by atoms with Crippen LogP contribution in [0.2, 0.25) is 5.02 Å². The number of para-hydroxylation sites is 1. The Kier molecular flexibility index (Phi) is 5.12. The van der Waals surface area contributed by atoms with E-state index < -0.39 is 0 Å². The number of aromatic nitrogens is 4. The van der Waals surface area contributed by atoms with E-state index in [1.807, 2.05) is 30.3 Å². The number of nitrogens with one attached hydrogen (secondary N) is 1. The Morgan fingerprint density at radius 3 is 2.58 bits per heavy atom. The van der Waals surface area contributed by atoms with Gasteiger partial charge < -0.3 is 5.32 Å². The minimum atomic E-state index is -0.367. The average molecular weight is 360 g/mol. The highest BCUT2D eigenvalue weighted by Crippen LogP contribution is 2.24. The summed E-state index contributed by atoms with van der Waals surface area (Å²) in [6, 6.07) is 16.5. The molecule has 1 amide bonds. The molecule has 0 fully saturated rings. The van der Waals surface area contributed by atoms with Gasteiger partial charge in [-0.15, -0.1) is 5.10 Å². The Hall–Kier alpha value is -2.38. The van der Waals surface area contributed by atoms with Gasteiger partial charge >= 0.3 is 0 Å². The van der Waals surface area contributed by atoms with Crippen molar-refractivity contribution in [2.75, 3.05) is 5.32 Å². The highest BCUT2D eigenvalue weighted by molar-refractivity contribution is 8.00. The first-order valence-corrected chi connectivity index (χ1v) is 8.46. The van der Waals surface area contributed by atoms with Gasteiger partial charge in [-0.2, -0.15) is 4.68 Å². The molecule has 122 valence electrons. The summed E-state index contributed by atoms with van der Waals surface area (Å²) in [5.74, 6) is -0.134. The van der Waals surface area contributed by atoms with E-state index in [4.69, 9.17) is 11.6 Å². The van der Waals surface area contributed by atoms with Gasteiger partial charge in [0.05, 0.1) is 10.9 Å². The molecule has 0 saturated carbocycles. The van der Waals surface area contributed by atoms with E-state index in [0.29, 0.717) is 15.9 Å². The number of anilines is 1. The van der Waals surface area contributed by atoms with Crippen molar-refractivity contribution in [3.8, 4) is 5.69 Å². The van der Waals surface area contributed by atoms with Crippen LogP contribution in [0.5, 0.6) is 0 Å². The fraction of sp³-hybridized carbons (Fsp3) is 0.125. The molecule has 3 rings (SSSR count). The van der Waals surface area contributed by atoms with E-state index in [9.17, 15) is 4.79 Å². The topological polar surface area (TPSA) is 72.7 Å². The molecule has 1 aromatic heterocycles. The summed E-state index contributed by atoms with van der Waals surface area (Å²) in [7, 11) is 0. The van der Waals surface area contributed by atoms with Crippen molar-refractivity contribution in [3.63, 3.8) is 0 Å². The molecule has 0 aliphatic carbocycles. The second-order valence-electron chi connectivity index (χ2n) is 4.97. The zero-order valence-corrected chi connectivity index (χ0v) is 14.3. The van der Waals surface area contributed by atoms with Gasteiger partial charge in [0.2, 0.25) is 11.1 Å². The molecule has 0 spiro atoms. The van der Waals surface area contributed by atoms with Crippen LogP contribution in [0.15, 0.2) is 59.8 Å². The summed E-state index contributed by atoms with van der Waals surface area (Å²) in [5.41, 5.74) is 1.54. The lowest BCUT2D eigenvalue weighted by Gasteiger charge is -2.11. The first-order chi connectivity index (χ1) is 11.6. The lowest BCUT2D eigenvalue weighted by molar-refractivity contribution is -0.115. The molecule has 8 heteroatoms. The Labute approximate surface area is 148 Å². The van der Waals surface area contributed by atoms with Crippen LogP contribution in [0.3, 0.4) is 0 Å². The minimum absolute atomic E-state index is 0.134. The number of hydrogen-bond donors (Lipinski definition) is 1. The van der Waals surface area contributed by atoms with E-state index in [0.717, 1.165) is 5.69 Å². The van der Waals surface area contributed by atoms with E-state index in [1.165, 1.54) is 11.8 Å².